The quantitative estimate of drug-likeness (QED) is 0.301. The lowest BCUT2D eigenvalue weighted by atomic mass is 9.95. The smallest absolute Gasteiger partial charge is 0.323 e. The van der Waals surface area contributed by atoms with Crippen LogP contribution in [0.1, 0.15) is 58.8 Å². The van der Waals surface area contributed by atoms with Crippen LogP contribution in [0.15, 0.2) is 24.3 Å². The van der Waals surface area contributed by atoms with Crippen LogP contribution in [0.2, 0.25) is 0 Å². The summed E-state index contributed by atoms with van der Waals surface area (Å²) in [5, 5.41) is 3.05. The summed E-state index contributed by atoms with van der Waals surface area (Å²) in [6.45, 7) is 4.83. The zero-order valence-electron chi connectivity index (χ0n) is 17.1. The summed E-state index contributed by atoms with van der Waals surface area (Å²) in [4.78, 5) is 33.3. The van der Waals surface area contributed by atoms with Crippen molar-refractivity contribution in [3.8, 4) is 11.1 Å². The number of esters is 2. The van der Waals surface area contributed by atoms with Crippen LogP contribution in [0, 0.1) is 0 Å². The Morgan fingerprint density at radius 2 is 1.57 bits per heavy atom. The van der Waals surface area contributed by atoms with Gasteiger partial charge in [-0.1, -0.05) is 43.5 Å². The average molecular weight is 392 g/mol. The third kappa shape index (κ3) is 9.65. The molecule has 0 aromatic carbocycles. The normalized spacial score (nSPS) is 11.6. The van der Waals surface area contributed by atoms with E-state index in [9.17, 15) is 14.4 Å². The van der Waals surface area contributed by atoms with Crippen molar-refractivity contribution in [3.05, 3.63) is 24.3 Å². The molecule has 0 spiro atoms. The number of aldehydes is 1. The standard InChI is InChI=1S/C16H29NO5.C6H4/c1-3-21-15(19)11-8-6-5-7-10-14(16(20)22-4-2)17-12-9-13-18;1-2-6-4-3-5(1)6/h13-14,17H,3-12H2,1-2H3;1-4H. The summed E-state index contributed by atoms with van der Waals surface area (Å²) in [5.41, 5.74) is 2.85. The topological polar surface area (TPSA) is 81.7 Å². The summed E-state index contributed by atoms with van der Waals surface area (Å²) in [7, 11) is 0. The number of benzene rings is 1. The molecule has 1 atom stereocenters. The number of carbonyl (C=O) groups is 3. The van der Waals surface area contributed by atoms with E-state index in [2.05, 4.69) is 29.6 Å². The molecule has 0 heterocycles. The zero-order valence-corrected chi connectivity index (χ0v) is 17.1. The first kappa shape index (κ1) is 23.8. The summed E-state index contributed by atoms with van der Waals surface area (Å²) in [5.74, 6) is -0.414. The number of hydrogen-bond donors (Lipinski definition) is 1. The molecule has 156 valence electrons. The van der Waals surface area contributed by atoms with E-state index < -0.39 is 0 Å². The van der Waals surface area contributed by atoms with E-state index in [-0.39, 0.29) is 18.0 Å². The predicted molar refractivity (Wildman–Crippen MR) is 109 cm³/mol. The van der Waals surface area contributed by atoms with Gasteiger partial charge in [0.25, 0.3) is 0 Å². The van der Waals surface area contributed by atoms with E-state index in [4.69, 9.17) is 9.47 Å². The maximum Gasteiger partial charge on any atom is 0.323 e. The molecule has 1 N–H and O–H groups in total. The number of ether oxygens (including phenoxy) is 2. The first-order valence-electron chi connectivity index (χ1n) is 10.2. The van der Waals surface area contributed by atoms with Gasteiger partial charge in [0, 0.05) is 19.4 Å². The molecule has 0 bridgehead atoms. The van der Waals surface area contributed by atoms with Crippen molar-refractivity contribution in [1.82, 2.24) is 5.32 Å². The molecule has 0 radical (unpaired) electrons. The third-order valence-electron chi connectivity index (χ3n) is 4.37. The number of unbranched alkanes of at least 4 members (excludes halogenated alkanes) is 3. The van der Waals surface area contributed by atoms with Crippen molar-refractivity contribution in [2.45, 2.75) is 64.8 Å². The van der Waals surface area contributed by atoms with Gasteiger partial charge in [-0.3, -0.25) is 9.59 Å². The Kier molecular flexibility index (Phi) is 12.6. The molecule has 0 amide bonds. The van der Waals surface area contributed by atoms with Gasteiger partial charge in [0.05, 0.1) is 13.2 Å². The van der Waals surface area contributed by atoms with Gasteiger partial charge in [0.15, 0.2) is 0 Å². The molecule has 0 saturated carbocycles. The van der Waals surface area contributed by atoms with Gasteiger partial charge in [-0.15, -0.1) is 0 Å². The van der Waals surface area contributed by atoms with Crippen LogP contribution >= 0.6 is 0 Å². The van der Waals surface area contributed by atoms with Crippen LogP contribution in [0.4, 0.5) is 0 Å². The molecule has 6 nitrogen and oxygen atoms in total. The number of nitrogens with one attached hydrogen (secondary N) is 1. The maximum absolute atomic E-state index is 11.8. The molecule has 0 saturated heterocycles. The van der Waals surface area contributed by atoms with Crippen LogP contribution in [0.3, 0.4) is 0 Å². The van der Waals surface area contributed by atoms with Gasteiger partial charge >= 0.3 is 11.9 Å². The van der Waals surface area contributed by atoms with Crippen molar-refractivity contribution in [2.24, 2.45) is 0 Å². The molecule has 6 heteroatoms. The fraction of sp³-hybridized carbons (Fsp3) is 0.591. The van der Waals surface area contributed by atoms with Crippen molar-refractivity contribution in [1.29, 1.82) is 0 Å². The van der Waals surface area contributed by atoms with E-state index in [0.29, 0.717) is 39.0 Å². The lowest BCUT2D eigenvalue weighted by molar-refractivity contribution is -0.146. The van der Waals surface area contributed by atoms with Gasteiger partial charge in [0.2, 0.25) is 0 Å². The fourth-order valence-corrected chi connectivity index (χ4v) is 2.73. The predicted octanol–water partition coefficient (Wildman–Crippen LogP) is 3.67. The summed E-state index contributed by atoms with van der Waals surface area (Å²) in [6.07, 6.45) is 5.90. The van der Waals surface area contributed by atoms with Gasteiger partial charge in [0.1, 0.15) is 12.3 Å². The molecule has 0 aromatic rings. The number of hydrogen-bond acceptors (Lipinski definition) is 6. The van der Waals surface area contributed by atoms with Crippen LogP contribution in [0.5, 0.6) is 0 Å². The maximum atomic E-state index is 11.8. The number of fused-ring (bicyclic) bond motifs is 1. The van der Waals surface area contributed by atoms with Crippen LogP contribution < -0.4 is 5.32 Å². The van der Waals surface area contributed by atoms with Gasteiger partial charge in [-0.2, -0.15) is 0 Å². The summed E-state index contributed by atoms with van der Waals surface area (Å²) < 4.78 is 9.88. The Labute approximate surface area is 168 Å². The van der Waals surface area contributed by atoms with Gasteiger partial charge < -0.3 is 19.6 Å². The summed E-state index contributed by atoms with van der Waals surface area (Å²) in [6, 6.07) is 8.12. The largest absolute Gasteiger partial charge is 0.466 e. The minimum atomic E-state index is -0.357. The Morgan fingerprint density at radius 1 is 0.964 bits per heavy atom. The Bertz CT molecular complexity index is 564. The molecule has 0 fully saturated rings. The molecule has 0 aromatic heterocycles. The monoisotopic (exact) mass is 391 g/mol. The van der Waals surface area contributed by atoms with Gasteiger partial charge in [-0.05, 0) is 37.8 Å². The van der Waals surface area contributed by atoms with E-state index in [0.717, 1.165) is 32.0 Å². The highest BCUT2D eigenvalue weighted by Gasteiger charge is 2.18. The highest BCUT2D eigenvalue weighted by atomic mass is 16.5. The van der Waals surface area contributed by atoms with Crippen LogP contribution in [-0.4, -0.2) is 44.0 Å². The lowest BCUT2D eigenvalue weighted by Gasteiger charge is -2.16. The number of rotatable bonds is 14. The Morgan fingerprint density at radius 3 is 2.07 bits per heavy atom. The SMILES string of the molecule is CCOC(=O)CCCCCCC(NCCC=O)C(=O)OCC.c1cc2ccc1-2. The van der Waals surface area contributed by atoms with Crippen LogP contribution in [-0.2, 0) is 23.9 Å². The van der Waals surface area contributed by atoms with E-state index >= 15 is 0 Å². The highest BCUT2D eigenvalue weighted by Crippen LogP contribution is 2.29. The first-order valence-corrected chi connectivity index (χ1v) is 10.2. The second kappa shape index (κ2) is 14.8. The minimum absolute atomic E-state index is 0.151. The molecule has 1 unspecified atom stereocenters. The van der Waals surface area contributed by atoms with E-state index in [1.54, 1.807) is 13.8 Å². The Hall–Kier alpha value is -2.21. The molecule has 2 aliphatic rings. The van der Waals surface area contributed by atoms with Gasteiger partial charge in [-0.25, -0.2) is 0 Å². The average Bonchev–Trinajstić information content (AvgIpc) is 2.66. The van der Waals surface area contributed by atoms with Crippen molar-refractivity contribution < 1.29 is 23.9 Å². The van der Waals surface area contributed by atoms with Crippen molar-refractivity contribution >= 4 is 18.2 Å². The Balaban J connectivity index is 0.000000535. The highest BCUT2D eigenvalue weighted by molar-refractivity contribution is 5.76. The second-order valence-corrected chi connectivity index (χ2v) is 6.55. The molecule has 28 heavy (non-hydrogen) atoms. The number of carbonyl (C=O) groups excluding carboxylic acids is 3. The molecule has 2 aliphatic carbocycles. The molecule has 2 rings (SSSR count). The minimum Gasteiger partial charge on any atom is -0.466 e. The van der Waals surface area contributed by atoms with Crippen molar-refractivity contribution in [2.75, 3.05) is 19.8 Å². The molecular weight excluding hydrogens is 358 g/mol. The molecular formula is C22H33NO5. The fourth-order valence-electron chi connectivity index (χ4n) is 2.73. The summed E-state index contributed by atoms with van der Waals surface area (Å²) >= 11 is 0. The first-order chi connectivity index (χ1) is 13.6. The van der Waals surface area contributed by atoms with E-state index in [1.165, 1.54) is 11.1 Å². The van der Waals surface area contributed by atoms with Crippen molar-refractivity contribution in [3.63, 3.8) is 0 Å². The molecule has 0 aliphatic heterocycles. The van der Waals surface area contributed by atoms with E-state index in [1.807, 2.05) is 0 Å². The van der Waals surface area contributed by atoms with Crippen LogP contribution in [0.25, 0.3) is 11.1 Å². The second-order valence-electron chi connectivity index (χ2n) is 6.55. The third-order valence-corrected chi connectivity index (χ3v) is 4.37. The lowest BCUT2D eigenvalue weighted by Crippen LogP contribution is -2.38. The zero-order chi connectivity index (χ0) is 20.6.